The summed E-state index contributed by atoms with van der Waals surface area (Å²) in [6, 6.07) is 6.59. The van der Waals surface area contributed by atoms with E-state index in [1.165, 1.54) is 13.3 Å². The van der Waals surface area contributed by atoms with Crippen LogP contribution in [0.15, 0.2) is 36.7 Å². The van der Waals surface area contributed by atoms with Crippen LogP contribution in [0.25, 0.3) is 11.4 Å². The van der Waals surface area contributed by atoms with Gasteiger partial charge in [0.2, 0.25) is 5.88 Å². The van der Waals surface area contributed by atoms with Crippen molar-refractivity contribution in [2.75, 3.05) is 49.8 Å². The molecule has 1 spiro atoms. The molecule has 12 nitrogen and oxygen atoms in total. The van der Waals surface area contributed by atoms with E-state index in [0.717, 1.165) is 11.4 Å². The summed E-state index contributed by atoms with van der Waals surface area (Å²) in [7, 11) is 1.47. The normalized spacial score (nSPS) is 24.0. The van der Waals surface area contributed by atoms with Crippen molar-refractivity contribution in [3.05, 3.63) is 41.7 Å². The minimum atomic E-state index is -0.974. The van der Waals surface area contributed by atoms with Gasteiger partial charge in [0.15, 0.2) is 0 Å². The SMILES string of the molecule is COc1nc(-c2ccc[nH]2)cc(N2C[C@@H](Oc3ncc(Cl)cc3N3CCOC4(COC4)[C@@H]3C)C[C@H]2C(=O)O)n1. The number of H-pyrrole nitrogens is 1. The Hall–Kier alpha value is -3.61. The van der Waals surface area contributed by atoms with Crippen molar-refractivity contribution in [3.63, 3.8) is 0 Å². The van der Waals surface area contributed by atoms with Crippen LogP contribution in [0, 0.1) is 0 Å². The third kappa shape index (κ3) is 4.72. The zero-order valence-corrected chi connectivity index (χ0v) is 22.3. The molecule has 0 radical (unpaired) electrons. The van der Waals surface area contributed by atoms with E-state index in [1.54, 1.807) is 17.2 Å². The highest BCUT2D eigenvalue weighted by atomic mass is 35.5. The summed E-state index contributed by atoms with van der Waals surface area (Å²) in [5.74, 6) is -0.145. The molecule has 3 aliphatic heterocycles. The maximum absolute atomic E-state index is 12.3. The summed E-state index contributed by atoms with van der Waals surface area (Å²) in [4.78, 5) is 32.7. The van der Waals surface area contributed by atoms with Crippen molar-refractivity contribution in [1.82, 2.24) is 19.9 Å². The van der Waals surface area contributed by atoms with Gasteiger partial charge < -0.3 is 38.8 Å². The Morgan fingerprint density at radius 2 is 2.13 bits per heavy atom. The third-order valence-electron chi connectivity index (χ3n) is 7.62. The van der Waals surface area contributed by atoms with Crippen molar-refractivity contribution < 1.29 is 28.8 Å². The van der Waals surface area contributed by atoms with Gasteiger partial charge in [0, 0.05) is 31.4 Å². The molecule has 2 N–H and O–H groups in total. The lowest BCUT2D eigenvalue weighted by molar-refractivity contribution is -0.228. The van der Waals surface area contributed by atoms with E-state index in [4.69, 9.17) is 30.5 Å². The summed E-state index contributed by atoms with van der Waals surface area (Å²) < 4.78 is 23.3. The number of morpholine rings is 1. The van der Waals surface area contributed by atoms with Gasteiger partial charge in [-0.25, -0.2) is 9.78 Å². The summed E-state index contributed by atoms with van der Waals surface area (Å²) in [6.45, 7) is 4.60. The molecular weight excluding hydrogens is 528 g/mol. The number of aromatic nitrogens is 4. The highest BCUT2D eigenvalue weighted by molar-refractivity contribution is 6.30. The molecule has 3 aromatic heterocycles. The number of carboxylic acids is 1. The predicted molar refractivity (Wildman–Crippen MR) is 142 cm³/mol. The average Bonchev–Trinajstić information content (AvgIpc) is 3.60. The van der Waals surface area contributed by atoms with Crippen LogP contribution in [-0.2, 0) is 14.3 Å². The smallest absolute Gasteiger partial charge is 0.326 e. The molecule has 0 saturated carbocycles. The Morgan fingerprint density at radius 3 is 2.82 bits per heavy atom. The highest BCUT2D eigenvalue weighted by Crippen LogP contribution is 2.40. The molecule has 3 atom stereocenters. The fourth-order valence-electron chi connectivity index (χ4n) is 5.42. The van der Waals surface area contributed by atoms with Gasteiger partial charge in [-0.3, -0.25) is 0 Å². The molecule has 6 rings (SSSR count). The van der Waals surface area contributed by atoms with Gasteiger partial charge in [0.05, 0.1) is 55.9 Å². The second-order valence-corrected chi connectivity index (χ2v) is 10.4. The number of anilines is 2. The molecule has 0 bridgehead atoms. The van der Waals surface area contributed by atoms with Gasteiger partial charge in [-0.1, -0.05) is 11.6 Å². The van der Waals surface area contributed by atoms with E-state index in [2.05, 4.69) is 31.8 Å². The van der Waals surface area contributed by atoms with E-state index in [9.17, 15) is 9.90 Å². The number of carboxylic acid groups (broad SMARTS) is 1. The van der Waals surface area contributed by atoms with Crippen LogP contribution in [0.3, 0.4) is 0 Å². The van der Waals surface area contributed by atoms with Gasteiger partial charge in [0.25, 0.3) is 0 Å². The standard InChI is InChI=1S/C26H29ClN6O6/c1-15-26(13-37-14-26)38-7-6-32(15)20-8-16(27)11-29-23(20)39-17-9-21(24(34)35)33(12-17)22-10-19(18-4-3-5-28-18)30-25(31-22)36-2/h3-5,8,10-11,15,17,21,28H,6-7,9,12-14H2,1-2H3,(H,34,35)/t15-,17-,21-/m0/s1. The second kappa shape index (κ2) is 10.2. The summed E-state index contributed by atoms with van der Waals surface area (Å²) in [5.41, 5.74) is 1.72. The lowest BCUT2D eigenvalue weighted by Crippen LogP contribution is -2.68. The molecule has 39 heavy (non-hydrogen) atoms. The number of pyridine rings is 1. The van der Waals surface area contributed by atoms with Gasteiger partial charge in [0.1, 0.15) is 29.3 Å². The number of ether oxygens (including phenoxy) is 4. The highest BCUT2D eigenvalue weighted by Gasteiger charge is 2.50. The van der Waals surface area contributed by atoms with Crippen LogP contribution in [0.2, 0.25) is 5.02 Å². The number of rotatable bonds is 7. The first kappa shape index (κ1) is 25.7. The molecule has 3 aromatic rings. The van der Waals surface area contributed by atoms with Crippen molar-refractivity contribution in [2.45, 2.75) is 37.1 Å². The zero-order chi connectivity index (χ0) is 27.1. The van der Waals surface area contributed by atoms with Crippen molar-refractivity contribution in [2.24, 2.45) is 0 Å². The first-order valence-corrected chi connectivity index (χ1v) is 13.1. The quantitative estimate of drug-likeness (QED) is 0.444. The Labute approximate surface area is 229 Å². The Bertz CT molecular complexity index is 1350. The largest absolute Gasteiger partial charge is 0.480 e. The van der Waals surface area contributed by atoms with Crippen molar-refractivity contribution in [1.29, 1.82) is 0 Å². The number of nitrogens with one attached hydrogen (secondary N) is 1. The first-order valence-electron chi connectivity index (χ1n) is 12.7. The van der Waals surface area contributed by atoms with Crippen LogP contribution < -0.4 is 19.3 Å². The minimum absolute atomic E-state index is 0.00866. The monoisotopic (exact) mass is 556 g/mol. The topological polar surface area (TPSA) is 135 Å². The van der Waals surface area contributed by atoms with E-state index in [0.29, 0.717) is 48.8 Å². The van der Waals surface area contributed by atoms with Crippen LogP contribution in [-0.4, -0.2) is 94.8 Å². The van der Waals surface area contributed by atoms with Gasteiger partial charge in [-0.2, -0.15) is 9.97 Å². The van der Waals surface area contributed by atoms with Gasteiger partial charge in [-0.05, 0) is 25.1 Å². The summed E-state index contributed by atoms with van der Waals surface area (Å²) in [5, 5.41) is 10.6. The maximum atomic E-state index is 12.3. The van der Waals surface area contributed by atoms with Gasteiger partial charge >= 0.3 is 12.0 Å². The molecule has 0 unspecified atom stereocenters. The number of nitrogens with zero attached hydrogens (tertiary/aromatic N) is 5. The number of methoxy groups -OCH3 is 1. The van der Waals surface area contributed by atoms with E-state index < -0.39 is 18.1 Å². The van der Waals surface area contributed by atoms with Crippen LogP contribution in [0.4, 0.5) is 11.5 Å². The minimum Gasteiger partial charge on any atom is -0.480 e. The predicted octanol–water partition coefficient (Wildman–Crippen LogP) is 2.63. The lowest BCUT2D eigenvalue weighted by atomic mass is 9.90. The fourth-order valence-corrected chi connectivity index (χ4v) is 5.57. The summed E-state index contributed by atoms with van der Waals surface area (Å²) >= 11 is 6.36. The van der Waals surface area contributed by atoms with Gasteiger partial charge in [-0.15, -0.1) is 0 Å². The van der Waals surface area contributed by atoms with E-state index >= 15 is 0 Å². The van der Waals surface area contributed by atoms with Crippen LogP contribution in [0.5, 0.6) is 11.9 Å². The maximum Gasteiger partial charge on any atom is 0.326 e. The van der Waals surface area contributed by atoms with Crippen molar-refractivity contribution in [3.8, 4) is 23.3 Å². The molecule has 6 heterocycles. The van der Waals surface area contributed by atoms with Crippen molar-refractivity contribution >= 4 is 29.1 Å². The zero-order valence-electron chi connectivity index (χ0n) is 21.5. The molecule has 0 aromatic carbocycles. The molecule has 206 valence electrons. The molecule has 0 aliphatic carbocycles. The first-order chi connectivity index (χ1) is 18.9. The molecule has 3 saturated heterocycles. The second-order valence-electron chi connectivity index (χ2n) is 9.92. The Morgan fingerprint density at radius 1 is 1.28 bits per heavy atom. The third-order valence-corrected chi connectivity index (χ3v) is 7.83. The number of carbonyl (C=O) groups is 1. The number of hydrogen-bond acceptors (Lipinski definition) is 10. The van der Waals surface area contributed by atoms with Crippen LogP contribution in [0.1, 0.15) is 13.3 Å². The number of halogens is 1. The van der Waals surface area contributed by atoms with E-state index in [1.807, 2.05) is 18.2 Å². The fraction of sp³-hybridized carbons (Fsp3) is 0.462. The lowest BCUT2D eigenvalue weighted by Gasteiger charge is -2.53. The van der Waals surface area contributed by atoms with E-state index in [-0.39, 0.29) is 30.6 Å². The number of aliphatic carboxylic acids is 1. The number of aromatic amines is 1. The summed E-state index contributed by atoms with van der Waals surface area (Å²) in [6.07, 6.45) is 3.09. The average molecular weight is 557 g/mol. The molecule has 3 fully saturated rings. The Balaban J connectivity index is 1.28. The van der Waals surface area contributed by atoms with Crippen LogP contribution >= 0.6 is 11.6 Å². The number of hydrogen-bond donors (Lipinski definition) is 2. The molecular formula is C26H29ClN6O6. The molecule has 13 heteroatoms. The Kier molecular flexibility index (Phi) is 6.69. The molecule has 3 aliphatic rings. The molecule has 0 amide bonds.